The van der Waals surface area contributed by atoms with Gasteiger partial charge in [-0.1, -0.05) is 13.8 Å². The van der Waals surface area contributed by atoms with Crippen molar-refractivity contribution in [3.05, 3.63) is 29.8 Å². The molecule has 1 aromatic rings. The number of carboxylic acids is 1. The van der Waals surface area contributed by atoms with Crippen LogP contribution in [-0.4, -0.2) is 47.5 Å². The molecule has 1 heterocycles. The van der Waals surface area contributed by atoms with Crippen molar-refractivity contribution in [2.45, 2.75) is 27.2 Å². The molecule has 1 fully saturated rings. The summed E-state index contributed by atoms with van der Waals surface area (Å²) in [4.78, 5) is 37.0. The first kappa shape index (κ1) is 18.8. The summed E-state index contributed by atoms with van der Waals surface area (Å²) in [5, 5.41) is 14.8. The van der Waals surface area contributed by atoms with Gasteiger partial charge in [-0.2, -0.15) is 0 Å². The second kappa shape index (κ2) is 7.55. The number of hydrogen-bond donors (Lipinski definition) is 3. The first-order chi connectivity index (χ1) is 11.7. The maximum atomic E-state index is 12.3. The van der Waals surface area contributed by atoms with Crippen molar-refractivity contribution < 1.29 is 19.5 Å². The highest BCUT2D eigenvalue weighted by Gasteiger charge is 2.42. The second-order valence-electron chi connectivity index (χ2n) is 7.15. The quantitative estimate of drug-likeness (QED) is 0.761. The van der Waals surface area contributed by atoms with E-state index < -0.39 is 11.4 Å². The van der Waals surface area contributed by atoms with E-state index in [1.807, 2.05) is 13.8 Å². The van der Waals surface area contributed by atoms with Crippen LogP contribution < -0.4 is 10.6 Å². The fourth-order valence-electron chi connectivity index (χ4n) is 2.62. The Labute approximate surface area is 147 Å². The first-order valence-electron chi connectivity index (χ1n) is 8.39. The van der Waals surface area contributed by atoms with Gasteiger partial charge in [-0.3, -0.25) is 9.59 Å². The van der Waals surface area contributed by atoms with Crippen molar-refractivity contribution in [3.8, 4) is 0 Å². The molecule has 136 valence electrons. The van der Waals surface area contributed by atoms with Crippen molar-refractivity contribution in [2.24, 2.45) is 11.3 Å². The average Bonchev–Trinajstić information content (AvgIpc) is 2.97. The molecule has 1 aromatic carbocycles. The zero-order chi connectivity index (χ0) is 18.6. The molecule has 25 heavy (non-hydrogen) atoms. The Hall–Kier alpha value is -2.57. The lowest BCUT2D eigenvalue weighted by Gasteiger charge is -2.20. The minimum Gasteiger partial charge on any atom is -0.481 e. The largest absolute Gasteiger partial charge is 0.481 e. The standard InChI is InChI=1S/C18H25N3O4/c1-12(2)10-19-15(22)13-4-6-14(7-5-13)20-17(25)21-9-8-18(3,11-21)16(23)24/h4-7,12H,8-11H2,1-3H3,(H,19,22)(H,20,25)(H,23,24). The fraction of sp³-hybridized carbons (Fsp3) is 0.500. The third kappa shape index (κ3) is 4.71. The minimum absolute atomic E-state index is 0.150. The molecule has 0 aliphatic carbocycles. The molecule has 1 aliphatic rings. The molecule has 1 aliphatic heterocycles. The lowest BCUT2D eigenvalue weighted by molar-refractivity contribution is -0.146. The summed E-state index contributed by atoms with van der Waals surface area (Å²) in [6.07, 6.45) is 0.435. The van der Waals surface area contributed by atoms with Crippen molar-refractivity contribution >= 4 is 23.6 Å². The highest BCUT2D eigenvalue weighted by molar-refractivity contribution is 5.95. The van der Waals surface area contributed by atoms with Crippen LogP contribution in [0.5, 0.6) is 0 Å². The van der Waals surface area contributed by atoms with E-state index in [0.717, 1.165) is 0 Å². The van der Waals surface area contributed by atoms with E-state index in [4.69, 9.17) is 0 Å². The Morgan fingerprint density at radius 2 is 1.88 bits per heavy atom. The SMILES string of the molecule is CC(C)CNC(=O)c1ccc(NC(=O)N2CCC(C)(C(=O)O)C2)cc1. The Balaban J connectivity index is 1.92. The molecule has 0 bridgehead atoms. The summed E-state index contributed by atoms with van der Waals surface area (Å²) in [6, 6.07) is 6.29. The Morgan fingerprint density at radius 1 is 1.24 bits per heavy atom. The van der Waals surface area contributed by atoms with Crippen LogP contribution in [0, 0.1) is 11.3 Å². The van der Waals surface area contributed by atoms with Crippen LogP contribution in [-0.2, 0) is 4.79 Å². The fourth-order valence-corrected chi connectivity index (χ4v) is 2.62. The lowest BCUT2D eigenvalue weighted by atomic mass is 9.90. The first-order valence-corrected chi connectivity index (χ1v) is 8.39. The molecule has 1 saturated heterocycles. The molecule has 1 unspecified atom stereocenters. The summed E-state index contributed by atoms with van der Waals surface area (Å²) in [6.45, 7) is 6.88. The predicted molar refractivity (Wildman–Crippen MR) is 94.6 cm³/mol. The highest BCUT2D eigenvalue weighted by Crippen LogP contribution is 2.30. The van der Waals surface area contributed by atoms with Crippen LogP contribution in [0.1, 0.15) is 37.6 Å². The van der Waals surface area contributed by atoms with Crippen molar-refractivity contribution in [2.75, 3.05) is 25.0 Å². The van der Waals surface area contributed by atoms with Gasteiger partial charge in [0.2, 0.25) is 0 Å². The van der Waals surface area contributed by atoms with Gasteiger partial charge in [0.05, 0.1) is 5.41 Å². The van der Waals surface area contributed by atoms with Gasteiger partial charge < -0.3 is 20.6 Å². The molecule has 0 spiro atoms. The number of hydrogen-bond acceptors (Lipinski definition) is 3. The van der Waals surface area contributed by atoms with Crippen molar-refractivity contribution in [1.29, 1.82) is 0 Å². The van der Waals surface area contributed by atoms with Crippen LogP contribution in [0.3, 0.4) is 0 Å². The summed E-state index contributed by atoms with van der Waals surface area (Å²) in [5.41, 5.74) is 0.197. The van der Waals surface area contributed by atoms with Gasteiger partial charge in [0.1, 0.15) is 0 Å². The molecule has 0 radical (unpaired) electrons. The number of amides is 3. The summed E-state index contributed by atoms with van der Waals surface area (Å²) >= 11 is 0. The maximum Gasteiger partial charge on any atom is 0.321 e. The summed E-state index contributed by atoms with van der Waals surface area (Å²) < 4.78 is 0. The van der Waals surface area contributed by atoms with E-state index in [-0.39, 0.29) is 18.5 Å². The minimum atomic E-state index is -0.893. The number of carbonyl (C=O) groups excluding carboxylic acids is 2. The van der Waals surface area contributed by atoms with Gasteiger partial charge in [-0.25, -0.2) is 4.79 Å². The van der Waals surface area contributed by atoms with Gasteiger partial charge in [-0.05, 0) is 43.5 Å². The van der Waals surface area contributed by atoms with E-state index in [9.17, 15) is 19.5 Å². The number of aliphatic carboxylic acids is 1. The Morgan fingerprint density at radius 3 is 2.40 bits per heavy atom. The van der Waals surface area contributed by atoms with Crippen molar-refractivity contribution in [3.63, 3.8) is 0 Å². The number of nitrogens with zero attached hydrogens (tertiary/aromatic N) is 1. The van der Waals surface area contributed by atoms with E-state index >= 15 is 0 Å². The maximum absolute atomic E-state index is 12.3. The Bertz CT molecular complexity index is 657. The molecular weight excluding hydrogens is 322 g/mol. The van der Waals surface area contributed by atoms with E-state index in [0.29, 0.717) is 36.7 Å². The number of carbonyl (C=O) groups is 3. The van der Waals surface area contributed by atoms with Gasteiger partial charge in [0.25, 0.3) is 5.91 Å². The van der Waals surface area contributed by atoms with E-state index in [2.05, 4.69) is 10.6 Å². The molecule has 0 aromatic heterocycles. The molecule has 7 nitrogen and oxygen atoms in total. The lowest BCUT2D eigenvalue weighted by Crippen LogP contribution is -2.37. The molecule has 1 atom stereocenters. The number of benzene rings is 1. The van der Waals surface area contributed by atoms with E-state index in [1.54, 1.807) is 31.2 Å². The molecular formula is C18H25N3O4. The molecule has 0 saturated carbocycles. The van der Waals surface area contributed by atoms with Crippen molar-refractivity contribution in [1.82, 2.24) is 10.2 Å². The normalized spacial score (nSPS) is 19.8. The molecule has 7 heteroatoms. The van der Waals surface area contributed by atoms with Crippen LogP contribution >= 0.6 is 0 Å². The highest BCUT2D eigenvalue weighted by atomic mass is 16.4. The smallest absolute Gasteiger partial charge is 0.321 e. The van der Waals surface area contributed by atoms with Gasteiger partial charge in [-0.15, -0.1) is 0 Å². The average molecular weight is 347 g/mol. The zero-order valence-corrected chi connectivity index (χ0v) is 14.8. The van der Waals surface area contributed by atoms with Crippen LogP contribution in [0.2, 0.25) is 0 Å². The predicted octanol–water partition coefficient (Wildman–Crippen LogP) is 2.40. The molecule has 2 rings (SSSR count). The number of carboxylic acid groups (broad SMARTS) is 1. The number of anilines is 1. The second-order valence-corrected chi connectivity index (χ2v) is 7.15. The molecule has 3 amide bonds. The number of likely N-dealkylation sites (tertiary alicyclic amines) is 1. The monoisotopic (exact) mass is 347 g/mol. The third-order valence-corrected chi connectivity index (χ3v) is 4.35. The summed E-state index contributed by atoms with van der Waals surface area (Å²) in [7, 11) is 0. The van der Waals surface area contributed by atoms with Gasteiger partial charge in [0, 0.05) is 30.9 Å². The Kier molecular flexibility index (Phi) is 5.66. The van der Waals surface area contributed by atoms with Crippen LogP contribution in [0.4, 0.5) is 10.5 Å². The van der Waals surface area contributed by atoms with Crippen LogP contribution in [0.25, 0.3) is 0 Å². The van der Waals surface area contributed by atoms with Crippen LogP contribution in [0.15, 0.2) is 24.3 Å². The van der Waals surface area contributed by atoms with Gasteiger partial charge in [0.15, 0.2) is 0 Å². The summed E-state index contributed by atoms with van der Waals surface area (Å²) in [5.74, 6) is -0.664. The third-order valence-electron chi connectivity index (χ3n) is 4.35. The number of rotatable bonds is 5. The zero-order valence-electron chi connectivity index (χ0n) is 14.8. The van der Waals surface area contributed by atoms with E-state index in [1.165, 1.54) is 4.90 Å². The topological polar surface area (TPSA) is 98.7 Å². The number of urea groups is 1. The number of nitrogens with one attached hydrogen (secondary N) is 2. The molecule has 3 N–H and O–H groups in total. The van der Waals surface area contributed by atoms with Gasteiger partial charge >= 0.3 is 12.0 Å².